The fourth-order valence-electron chi connectivity index (χ4n) is 3.54. The molecule has 1 N–H and O–H groups in total. The van der Waals surface area contributed by atoms with E-state index in [9.17, 15) is 9.35 Å². The number of aryl methyl sites for hydroxylation is 2. The third-order valence-corrected chi connectivity index (χ3v) is 6.09. The Morgan fingerprint density at radius 2 is 1.90 bits per heavy atom. The lowest BCUT2D eigenvalue weighted by molar-refractivity contribution is 0.601. The highest BCUT2D eigenvalue weighted by Crippen LogP contribution is 2.32. The fraction of sp³-hybridized carbons (Fsp3) is 0.217. The van der Waals surface area contributed by atoms with E-state index in [1.54, 1.807) is 11.6 Å². The lowest BCUT2D eigenvalue weighted by atomic mass is 10.0. The van der Waals surface area contributed by atoms with Gasteiger partial charge in [0, 0.05) is 24.2 Å². The van der Waals surface area contributed by atoms with Crippen molar-refractivity contribution in [2.45, 2.75) is 20.4 Å². The molecule has 4 aromatic rings. The second kappa shape index (κ2) is 8.38. The molecule has 0 aliphatic carbocycles. The Bertz CT molecular complexity index is 1220. The van der Waals surface area contributed by atoms with Crippen molar-refractivity contribution in [1.82, 2.24) is 14.3 Å². The van der Waals surface area contributed by atoms with Crippen LogP contribution < -0.4 is 10.3 Å². The van der Waals surface area contributed by atoms with Gasteiger partial charge in [-0.25, -0.2) is 4.72 Å². The van der Waals surface area contributed by atoms with Gasteiger partial charge in [0.2, 0.25) is 0 Å². The van der Waals surface area contributed by atoms with Crippen LogP contribution >= 0.6 is 0 Å². The molecule has 1 unspecified atom stereocenters. The van der Waals surface area contributed by atoms with Gasteiger partial charge in [-0.2, -0.15) is 5.10 Å². The minimum atomic E-state index is -1.18. The van der Waals surface area contributed by atoms with E-state index in [0.717, 1.165) is 33.3 Å². The zero-order chi connectivity index (χ0) is 21.3. The molecule has 2 heterocycles. The summed E-state index contributed by atoms with van der Waals surface area (Å²) in [6.45, 7) is 4.32. The summed E-state index contributed by atoms with van der Waals surface area (Å²) in [4.78, 5) is 12.1. The molecule has 0 radical (unpaired) electrons. The molecular formula is C23H24N4O2S. The van der Waals surface area contributed by atoms with E-state index in [2.05, 4.69) is 28.0 Å². The number of fused-ring (bicyclic) bond motifs is 1. The quantitative estimate of drug-likeness (QED) is 0.481. The first-order valence-electron chi connectivity index (χ1n) is 9.82. The van der Waals surface area contributed by atoms with Gasteiger partial charge in [0.05, 0.1) is 35.3 Å². The van der Waals surface area contributed by atoms with Crippen molar-refractivity contribution in [2.75, 3.05) is 10.5 Å². The highest BCUT2D eigenvalue weighted by molar-refractivity contribution is 7.92. The van der Waals surface area contributed by atoms with Gasteiger partial charge >= 0.3 is 0 Å². The van der Waals surface area contributed by atoms with E-state index in [4.69, 9.17) is 0 Å². The van der Waals surface area contributed by atoms with E-state index >= 15 is 0 Å². The van der Waals surface area contributed by atoms with Crippen molar-refractivity contribution < 1.29 is 4.55 Å². The molecule has 0 saturated heterocycles. The smallest absolute Gasteiger partial charge is 0.253 e. The number of aromatic nitrogens is 3. The molecule has 2 aromatic heterocycles. The zero-order valence-corrected chi connectivity index (χ0v) is 18.1. The van der Waals surface area contributed by atoms with Gasteiger partial charge in [-0.15, -0.1) is 0 Å². The molecule has 0 fully saturated rings. The van der Waals surface area contributed by atoms with Crippen LogP contribution in [-0.4, -0.2) is 24.7 Å². The number of benzene rings is 2. The topological polar surface area (TPSA) is 74.9 Å². The summed E-state index contributed by atoms with van der Waals surface area (Å²) in [5.74, 6) is 0.503. The zero-order valence-electron chi connectivity index (χ0n) is 17.3. The van der Waals surface area contributed by atoms with Gasteiger partial charge in [-0.05, 0) is 48.7 Å². The first kappa shape index (κ1) is 20.3. The van der Waals surface area contributed by atoms with Crippen LogP contribution in [0.5, 0.6) is 0 Å². The first-order chi connectivity index (χ1) is 14.5. The van der Waals surface area contributed by atoms with Gasteiger partial charge in [-0.3, -0.25) is 9.48 Å². The molecule has 0 amide bonds. The van der Waals surface area contributed by atoms with Crippen LogP contribution in [0.15, 0.2) is 65.7 Å². The van der Waals surface area contributed by atoms with Crippen molar-refractivity contribution in [3.63, 3.8) is 0 Å². The second-order valence-electron chi connectivity index (χ2n) is 7.31. The lowest BCUT2D eigenvalue weighted by Crippen LogP contribution is -2.18. The number of pyridine rings is 1. The number of rotatable bonds is 6. The molecule has 0 bridgehead atoms. The molecule has 7 heteroatoms. The molecule has 1 atom stereocenters. The van der Waals surface area contributed by atoms with Crippen LogP contribution in [0.4, 0.5) is 5.69 Å². The molecule has 154 valence electrons. The Hall–Kier alpha value is -3.03. The molecule has 0 spiro atoms. The monoisotopic (exact) mass is 420 g/mol. The van der Waals surface area contributed by atoms with Crippen molar-refractivity contribution in [2.24, 2.45) is 7.05 Å². The van der Waals surface area contributed by atoms with E-state index < -0.39 is 11.4 Å². The molecule has 0 saturated carbocycles. The number of nitrogens with zero attached hydrogens (tertiary/aromatic N) is 3. The van der Waals surface area contributed by atoms with Gasteiger partial charge in [0.15, 0.2) is 0 Å². The van der Waals surface area contributed by atoms with Crippen molar-refractivity contribution >= 4 is 28.0 Å². The van der Waals surface area contributed by atoms with E-state index in [1.807, 2.05) is 61.3 Å². The molecule has 6 nitrogen and oxygen atoms in total. The normalized spacial score (nSPS) is 12.3. The Kier molecular flexibility index (Phi) is 5.65. The minimum Gasteiger partial charge on any atom is -0.593 e. The molecule has 2 aromatic carbocycles. The largest absolute Gasteiger partial charge is 0.593 e. The standard InChI is InChI=1S/C23H24N4O2S/c1-4-30(29)25-21-11-18(19-10-16(2)23(28)26(3)15-19)12-22-20(21)13-24-27(22)14-17-8-6-5-7-9-17/h5-13,15,25H,4,14H2,1-3H3. The van der Waals surface area contributed by atoms with Crippen LogP contribution in [0.25, 0.3) is 22.0 Å². The SMILES string of the molecule is CC[S+]([O-])Nc1cc(-c2cc(C)c(=O)n(C)c2)cc2c1cnn2Cc1ccccc1. The maximum absolute atomic E-state index is 12.3. The summed E-state index contributed by atoms with van der Waals surface area (Å²) in [7, 11) is 1.75. The third-order valence-electron chi connectivity index (χ3n) is 5.12. The lowest BCUT2D eigenvalue weighted by Gasteiger charge is -2.14. The highest BCUT2D eigenvalue weighted by Gasteiger charge is 2.15. The summed E-state index contributed by atoms with van der Waals surface area (Å²) in [6, 6.07) is 16.1. The molecule has 0 aliphatic heterocycles. The van der Waals surface area contributed by atoms with Crippen LogP contribution in [0.3, 0.4) is 0 Å². The molecule has 4 rings (SSSR count). The summed E-state index contributed by atoms with van der Waals surface area (Å²) in [5, 5.41) is 5.51. The highest BCUT2D eigenvalue weighted by atomic mass is 32.2. The Labute approximate surface area is 178 Å². The average Bonchev–Trinajstić information content (AvgIpc) is 3.15. The number of anilines is 1. The fourth-order valence-corrected chi connectivity index (χ4v) is 4.10. The van der Waals surface area contributed by atoms with Gasteiger partial charge in [-0.1, -0.05) is 30.3 Å². The predicted molar refractivity (Wildman–Crippen MR) is 123 cm³/mol. The Morgan fingerprint density at radius 3 is 2.60 bits per heavy atom. The average molecular weight is 421 g/mol. The Morgan fingerprint density at radius 1 is 1.13 bits per heavy atom. The van der Waals surface area contributed by atoms with Gasteiger partial charge in [0.1, 0.15) is 5.75 Å². The molecular weight excluding hydrogens is 396 g/mol. The number of hydrogen-bond acceptors (Lipinski definition) is 4. The van der Waals surface area contributed by atoms with Crippen molar-refractivity contribution in [3.8, 4) is 11.1 Å². The van der Waals surface area contributed by atoms with Crippen molar-refractivity contribution in [3.05, 3.63) is 82.4 Å². The second-order valence-corrected chi connectivity index (χ2v) is 8.78. The number of hydrogen-bond donors (Lipinski definition) is 1. The molecule has 0 aliphatic rings. The van der Waals surface area contributed by atoms with E-state index in [0.29, 0.717) is 17.9 Å². The summed E-state index contributed by atoms with van der Waals surface area (Å²) >= 11 is -1.18. The van der Waals surface area contributed by atoms with Crippen LogP contribution in [-0.2, 0) is 25.0 Å². The van der Waals surface area contributed by atoms with Crippen LogP contribution in [0, 0.1) is 6.92 Å². The van der Waals surface area contributed by atoms with Gasteiger partial charge in [0.25, 0.3) is 5.56 Å². The summed E-state index contributed by atoms with van der Waals surface area (Å²) in [6.07, 6.45) is 3.64. The van der Waals surface area contributed by atoms with E-state index in [-0.39, 0.29) is 5.56 Å². The summed E-state index contributed by atoms with van der Waals surface area (Å²) < 4.78 is 18.9. The maximum atomic E-state index is 12.3. The van der Waals surface area contributed by atoms with Gasteiger partial charge < -0.3 is 9.12 Å². The molecule has 30 heavy (non-hydrogen) atoms. The third kappa shape index (κ3) is 3.99. The van der Waals surface area contributed by atoms with E-state index in [1.165, 1.54) is 0 Å². The number of nitrogens with one attached hydrogen (secondary N) is 1. The predicted octanol–water partition coefficient (Wildman–Crippen LogP) is 3.85. The van der Waals surface area contributed by atoms with Crippen LogP contribution in [0.2, 0.25) is 0 Å². The Balaban J connectivity index is 1.88. The maximum Gasteiger partial charge on any atom is 0.253 e. The minimum absolute atomic E-state index is 0.0145. The van der Waals surface area contributed by atoms with Crippen LogP contribution in [0.1, 0.15) is 18.1 Å². The summed E-state index contributed by atoms with van der Waals surface area (Å²) in [5.41, 5.74) is 5.39. The van der Waals surface area contributed by atoms with Crippen molar-refractivity contribution in [1.29, 1.82) is 0 Å². The first-order valence-corrected chi connectivity index (χ1v) is 11.1.